The number of aromatic hydroxyl groups is 1. The van der Waals surface area contributed by atoms with Gasteiger partial charge in [0.2, 0.25) is 0 Å². The van der Waals surface area contributed by atoms with Crippen molar-refractivity contribution in [3.63, 3.8) is 0 Å². The van der Waals surface area contributed by atoms with Crippen LogP contribution in [-0.2, 0) is 0 Å². The second kappa shape index (κ2) is 4.40. The summed E-state index contributed by atoms with van der Waals surface area (Å²) in [6.45, 7) is 4.80. The van der Waals surface area contributed by atoms with Crippen LogP contribution in [0.15, 0.2) is 18.2 Å². The van der Waals surface area contributed by atoms with Crippen LogP contribution in [0.2, 0.25) is 0 Å². The Morgan fingerprint density at radius 1 is 1.53 bits per heavy atom. The molecule has 1 fully saturated rings. The SMILES string of the molecule is Cc1c(O)cccc1C(=O)N(C)CC1CC1C. The van der Waals surface area contributed by atoms with Crippen molar-refractivity contribution in [1.82, 2.24) is 4.90 Å². The highest BCUT2D eigenvalue weighted by Crippen LogP contribution is 2.38. The summed E-state index contributed by atoms with van der Waals surface area (Å²) in [6.07, 6.45) is 1.22. The number of hydrogen-bond donors (Lipinski definition) is 1. The molecule has 0 bridgehead atoms. The zero-order valence-corrected chi connectivity index (χ0v) is 10.6. The minimum absolute atomic E-state index is 0.00231. The van der Waals surface area contributed by atoms with Crippen molar-refractivity contribution in [2.24, 2.45) is 11.8 Å². The predicted molar refractivity (Wildman–Crippen MR) is 67.1 cm³/mol. The van der Waals surface area contributed by atoms with Crippen molar-refractivity contribution < 1.29 is 9.90 Å². The van der Waals surface area contributed by atoms with Gasteiger partial charge < -0.3 is 10.0 Å². The molecule has 1 aliphatic rings. The average molecular weight is 233 g/mol. The van der Waals surface area contributed by atoms with Crippen LogP contribution >= 0.6 is 0 Å². The van der Waals surface area contributed by atoms with Crippen molar-refractivity contribution in [2.45, 2.75) is 20.3 Å². The van der Waals surface area contributed by atoms with Crippen LogP contribution in [0.25, 0.3) is 0 Å². The van der Waals surface area contributed by atoms with Gasteiger partial charge in [0.05, 0.1) is 0 Å². The number of rotatable bonds is 3. The molecule has 1 aromatic rings. The third-order valence-electron chi connectivity index (χ3n) is 3.67. The van der Waals surface area contributed by atoms with Crippen LogP contribution in [-0.4, -0.2) is 29.5 Å². The number of benzene rings is 1. The molecule has 2 atom stereocenters. The largest absolute Gasteiger partial charge is 0.508 e. The van der Waals surface area contributed by atoms with Crippen molar-refractivity contribution >= 4 is 5.91 Å². The maximum Gasteiger partial charge on any atom is 0.254 e. The van der Waals surface area contributed by atoms with Gasteiger partial charge in [0.25, 0.3) is 5.91 Å². The third kappa shape index (κ3) is 2.43. The van der Waals surface area contributed by atoms with E-state index in [1.807, 2.05) is 7.05 Å². The van der Waals surface area contributed by atoms with Gasteiger partial charge in [-0.05, 0) is 37.3 Å². The molecule has 0 spiro atoms. The van der Waals surface area contributed by atoms with E-state index >= 15 is 0 Å². The molecular weight excluding hydrogens is 214 g/mol. The first-order valence-electron chi connectivity index (χ1n) is 6.04. The molecule has 0 radical (unpaired) electrons. The molecule has 0 heterocycles. The third-order valence-corrected chi connectivity index (χ3v) is 3.67. The molecule has 3 heteroatoms. The van der Waals surface area contributed by atoms with Gasteiger partial charge in [-0.25, -0.2) is 0 Å². The highest BCUT2D eigenvalue weighted by Gasteiger charge is 2.34. The van der Waals surface area contributed by atoms with Crippen LogP contribution in [0.1, 0.15) is 29.3 Å². The molecule has 2 unspecified atom stereocenters. The maximum absolute atomic E-state index is 12.2. The fraction of sp³-hybridized carbons (Fsp3) is 0.500. The van der Waals surface area contributed by atoms with Crippen LogP contribution in [0.4, 0.5) is 0 Å². The molecule has 17 heavy (non-hydrogen) atoms. The lowest BCUT2D eigenvalue weighted by molar-refractivity contribution is 0.0786. The lowest BCUT2D eigenvalue weighted by atomic mass is 10.1. The van der Waals surface area contributed by atoms with Gasteiger partial charge in [-0.3, -0.25) is 4.79 Å². The van der Waals surface area contributed by atoms with Gasteiger partial charge >= 0.3 is 0 Å². The minimum atomic E-state index is -0.00231. The lowest BCUT2D eigenvalue weighted by Gasteiger charge is -2.18. The van der Waals surface area contributed by atoms with Crippen LogP contribution in [0, 0.1) is 18.8 Å². The van der Waals surface area contributed by atoms with Gasteiger partial charge in [0.1, 0.15) is 5.75 Å². The number of phenols is 1. The van der Waals surface area contributed by atoms with Crippen LogP contribution in [0.5, 0.6) is 5.75 Å². The molecule has 0 aliphatic heterocycles. The molecule has 3 nitrogen and oxygen atoms in total. The first-order chi connectivity index (χ1) is 8.00. The summed E-state index contributed by atoms with van der Waals surface area (Å²) < 4.78 is 0. The number of hydrogen-bond acceptors (Lipinski definition) is 2. The molecule has 0 saturated heterocycles. The predicted octanol–water partition coefficient (Wildman–Crippen LogP) is 2.43. The van der Waals surface area contributed by atoms with Gasteiger partial charge in [0.15, 0.2) is 0 Å². The highest BCUT2D eigenvalue weighted by molar-refractivity contribution is 5.96. The molecule has 1 saturated carbocycles. The van der Waals surface area contributed by atoms with E-state index < -0.39 is 0 Å². The Kier molecular flexibility index (Phi) is 3.09. The van der Waals surface area contributed by atoms with E-state index in [1.54, 1.807) is 30.0 Å². The van der Waals surface area contributed by atoms with Crippen molar-refractivity contribution in [3.05, 3.63) is 29.3 Å². The zero-order chi connectivity index (χ0) is 12.6. The summed E-state index contributed by atoms with van der Waals surface area (Å²) in [5.41, 5.74) is 1.26. The number of phenolic OH excluding ortho intramolecular Hbond substituents is 1. The van der Waals surface area contributed by atoms with Crippen molar-refractivity contribution in [1.29, 1.82) is 0 Å². The maximum atomic E-state index is 12.2. The number of amides is 1. The smallest absolute Gasteiger partial charge is 0.254 e. The molecule has 1 amide bonds. The highest BCUT2D eigenvalue weighted by atomic mass is 16.3. The Labute approximate surface area is 102 Å². The Morgan fingerprint density at radius 3 is 2.76 bits per heavy atom. The first kappa shape index (κ1) is 12.0. The fourth-order valence-corrected chi connectivity index (χ4v) is 2.15. The van der Waals surface area contributed by atoms with Gasteiger partial charge in [-0.15, -0.1) is 0 Å². The van der Waals surface area contributed by atoms with Gasteiger partial charge in [-0.1, -0.05) is 13.0 Å². The standard InChI is InChI=1S/C14H19NO2/c1-9-7-11(9)8-15(3)14(17)12-5-4-6-13(16)10(12)2/h4-6,9,11,16H,7-8H2,1-3H3. The first-order valence-corrected chi connectivity index (χ1v) is 6.04. The molecular formula is C14H19NO2. The van der Waals surface area contributed by atoms with Crippen LogP contribution < -0.4 is 0 Å². The summed E-state index contributed by atoms with van der Waals surface area (Å²) in [6, 6.07) is 5.09. The average Bonchev–Trinajstić information content (AvgIpc) is 2.97. The second-order valence-corrected chi connectivity index (χ2v) is 5.11. The summed E-state index contributed by atoms with van der Waals surface area (Å²) in [7, 11) is 1.83. The van der Waals surface area contributed by atoms with Gasteiger partial charge in [-0.2, -0.15) is 0 Å². The quantitative estimate of drug-likeness (QED) is 0.871. The fourth-order valence-electron chi connectivity index (χ4n) is 2.15. The van der Waals surface area contributed by atoms with E-state index in [0.29, 0.717) is 17.0 Å². The summed E-state index contributed by atoms with van der Waals surface area (Å²) in [5, 5.41) is 9.60. The Balaban J connectivity index is 2.10. The molecule has 1 N–H and O–H groups in total. The Bertz CT molecular complexity index is 442. The summed E-state index contributed by atoms with van der Waals surface area (Å²) in [4.78, 5) is 14.0. The number of nitrogens with zero attached hydrogens (tertiary/aromatic N) is 1. The second-order valence-electron chi connectivity index (χ2n) is 5.11. The molecule has 0 aromatic heterocycles. The molecule has 1 aliphatic carbocycles. The van der Waals surface area contributed by atoms with E-state index in [-0.39, 0.29) is 11.7 Å². The van der Waals surface area contributed by atoms with E-state index in [1.165, 1.54) is 6.42 Å². The van der Waals surface area contributed by atoms with Crippen molar-refractivity contribution in [2.75, 3.05) is 13.6 Å². The summed E-state index contributed by atoms with van der Waals surface area (Å²) in [5.74, 6) is 1.58. The van der Waals surface area contributed by atoms with Crippen molar-refractivity contribution in [3.8, 4) is 5.75 Å². The van der Waals surface area contributed by atoms with E-state index in [0.717, 1.165) is 12.5 Å². The summed E-state index contributed by atoms with van der Waals surface area (Å²) >= 11 is 0. The normalized spacial score (nSPS) is 22.3. The van der Waals surface area contributed by atoms with E-state index in [2.05, 4.69) is 6.92 Å². The number of carbonyl (C=O) groups is 1. The number of carbonyl (C=O) groups excluding carboxylic acids is 1. The molecule has 2 rings (SSSR count). The Morgan fingerprint density at radius 2 is 2.18 bits per heavy atom. The molecule has 1 aromatic carbocycles. The topological polar surface area (TPSA) is 40.5 Å². The Hall–Kier alpha value is -1.51. The monoisotopic (exact) mass is 233 g/mol. The lowest BCUT2D eigenvalue weighted by Crippen LogP contribution is -2.29. The molecule has 92 valence electrons. The zero-order valence-electron chi connectivity index (χ0n) is 10.6. The van der Waals surface area contributed by atoms with E-state index in [9.17, 15) is 9.90 Å². The van der Waals surface area contributed by atoms with E-state index in [4.69, 9.17) is 0 Å². The minimum Gasteiger partial charge on any atom is -0.508 e. The van der Waals surface area contributed by atoms with Gasteiger partial charge in [0, 0.05) is 24.7 Å². The van der Waals surface area contributed by atoms with Crippen LogP contribution in [0.3, 0.4) is 0 Å².